The van der Waals surface area contributed by atoms with Crippen molar-refractivity contribution < 1.29 is 9.53 Å². The third-order valence-corrected chi connectivity index (χ3v) is 6.30. The largest absolute Gasteiger partial charge is 0.492 e. The van der Waals surface area contributed by atoms with Crippen LogP contribution >= 0.6 is 0 Å². The van der Waals surface area contributed by atoms with Gasteiger partial charge in [0.1, 0.15) is 18.2 Å². The van der Waals surface area contributed by atoms with Crippen LogP contribution in [0.15, 0.2) is 66.7 Å². The fourth-order valence-electron chi connectivity index (χ4n) is 4.77. The molecule has 2 heterocycles. The standard InChI is InChI=1S/C28H29N3O2/c1-19-8-10-24(11-9-19)33-13-12-30-26-7-5-4-6-25(26)29-28(30)22-17-27(32)31(18-22)23-15-20(2)14-21(3)16-23/h4-11,14-16,22H,12-13,17-18H2,1-3H3/t22-/m0/s1. The van der Waals surface area contributed by atoms with Crippen LogP contribution in [0.3, 0.4) is 0 Å². The fraction of sp³-hybridized carbons (Fsp3) is 0.286. The molecule has 0 unspecified atom stereocenters. The summed E-state index contributed by atoms with van der Waals surface area (Å²) in [5.74, 6) is 2.03. The lowest BCUT2D eigenvalue weighted by molar-refractivity contribution is -0.117. The number of anilines is 1. The summed E-state index contributed by atoms with van der Waals surface area (Å²) in [4.78, 5) is 19.9. The van der Waals surface area contributed by atoms with Crippen molar-refractivity contribution in [3.05, 3.63) is 89.2 Å². The third-order valence-electron chi connectivity index (χ3n) is 6.30. The Morgan fingerprint density at radius 3 is 2.42 bits per heavy atom. The highest BCUT2D eigenvalue weighted by atomic mass is 16.5. The first kappa shape index (κ1) is 21.3. The van der Waals surface area contributed by atoms with Gasteiger partial charge in [-0.2, -0.15) is 0 Å². The quantitative estimate of drug-likeness (QED) is 0.395. The van der Waals surface area contributed by atoms with Gasteiger partial charge in [0, 0.05) is 24.6 Å². The van der Waals surface area contributed by atoms with Gasteiger partial charge < -0.3 is 14.2 Å². The number of para-hydroxylation sites is 2. The first-order valence-electron chi connectivity index (χ1n) is 11.5. The van der Waals surface area contributed by atoms with Gasteiger partial charge in [-0.25, -0.2) is 4.98 Å². The van der Waals surface area contributed by atoms with Crippen LogP contribution in [0.1, 0.15) is 34.9 Å². The molecule has 1 atom stereocenters. The normalized spacial score (nSPS) is 16.0. The molecule has 1 saturated heterocycles. The molecule has 0 saturated carbocycles. The van der Waals surface area contributed by atoms with Gasteiger partial charge in [-0.1, -0.05) is 35.9 Å². The lowest BCUT2D eigenvalue weighted by Crippen LogP contribution is -2.25. The van der Waals surface area contributed by atoms with Gasteiger partial charge in [0.05, 0.1) is 17.6 Å². The monoisotopic (exact) mass is 439 g/mol. The molecule has 168 valence electrons. The van der Waals surface area contributed by atoms with Gasteiger partial charge in [0.25, 0.3) is 0 Å². The van der Waals surface area contributed by atoms with E-state index < -0.39 is 0 Å². The average molecular weight is 440 g/mol. The molecule has 1 aliphatic heterocycles. The molecule has 5 nitrogen and oxygen atoms in total. The second-order valence-electron chi connectivity index (χ2n) is 9.02. The van der Waals surface area contributed by atoms with Crippen LogP contribution < -0.4 is 9.64 Å². The maximum Gasteiger partial charge on any atom is 0.227 e. The van der Waals surface area contributed by atoms with Gasteiger partial charge in [-0.15, -0.1) is 0 Å². The summed E-state index contributed by atoms with van der Waals surface area (Å²) >= 11 is 0. The molecule has 1 fully saturated rings. The molecule has 0 aliphatic carbocycles. The van der Waals surface area contributed by atoms with Crippen LogP contribution in [0, 0.1) is 20.8 Å². The smallest absolute Gasteiger partial charge is 0.227 e. The summed E-state index contributed by atoms with van der Waals surface area (Å²) in [7, 11) is 0. The molecule has 0 spiro atoms. The van der Waals surface area contributed by atoms with E-state index in [4.69, 9.17) is 9.72 Å². The summed E-state index contributed by atoms with van der Waals surface area (Å²) in [5.41, 5.74) is 6.57. The highest BCUT2D eigenvalue weighted by Gasteiger charge is 2.35. The van der Waals surface area contributed by atoms with Crippen molar-refractivity contribution in [3.63, 3.8) is 0 Å². The average Bonchev–Trinajstić information content (AvgIpc) is 3.35. The van der Waals surface area contributed by atoms with E-state index >= 15 is 0 Å². The highest BCUT2D eigenvalue weighted by Crippen LogP contribution is 2.34. The van der Waals surface area contributed by atoms with Crippen molar-refractivity contribution >= 4 is 22.6 Å². The summed E-state index contributed by atoms with van der Waals surface area (Å²) in [6.07, 6.45) is 0.467. The number of fused-ring (bicyclic) bond motifs is 1. The molecule has 1 amide bonds. The zero-order chi connectivity index (χ0) is 22.9. The van der Waals surface area contributed by atoms with Crippen LogP contribution in [0.2, 0.25) is 0 Å². The topological polar surface area (TPSA) is 47.4 Å². The SMILES string of the molecule is Cc1ccc(OCCn2c([C@H]3CC(=O)N(c4cc(C)cc(C)c4)C3)nc3ccccc32)cc1. The Hall–Kier alpha value is -3.60. The van der Waals surface area contributed by atoms with Gasteiger partial charge in [0.2, 0.25) is 5.91 Å². The van der Waals surface area contributed by atoms with Crippen LogP contribution in [-0.2, 0) is 11.3 Å². The Morgan fingerprint density at radius 2 is 1.67 bits per heavy atom. The van der Waals surface area contributed by atoms with Crippen LogP contribution in [0.25, 0.3) is 11.0 Å². The number of imidazole rings is 1. The number of aryl methyl sites for hydroxylation is 3. The second-order valence-corrected chi connectivity index (χ2v) is 9.02. The van der Waals surface area contributed by atoms with E-state index in [2.05, 4.69) is 61.7 Å². The Balaban J connectivity index is 1.40. The Labute approximate surface area is 194 Å². The summed E-state index contributed by atoms with van der Waals surface area (Å²) in [5, 5.41) is 0. The van der Waals surface area contributed by atoms with E-state index in [0.29, 0.717) is 26.1 Å². The number of carbonyl (C=O) groups is 1. The van der Waals surface area contributed by atoms with E-state index in [1.807, 2.05) is 35.2 Å². The highest BCUT2D eigenvalue weighted by molar-refractivity contribution is 5.96. The number of amides is 1. The lowest BCUT2D eigenvalue weighted by Gasteiger charge is -2.19. The molecule has 3 aromatic carbocycles. The van der Waals surface area contributed by atoms with Crippen molar-refractivity contribution in [1.82, 2.24) is 9.55 Å². The zero-order valence-corrected chi connectivity index (χ0v) is 19.4. The number of benzene rings is 3. The maximum atomic E-state index is 13.0. The number of hydrogen-bond acceptors (Lipinski definition) is 3. The number of ether oxygens (including phenoxy) is 1. The van der Waals surface area contributed by atoms with Crippen LogP contribution in [0.4, 0.5) is 5.69 Å². The molecular weight excluding hydrogens is 410 g/mol. The van der Waals surface area contributed by atoms with E-state index in [1.165, 1.54) is 16.7 Å². The molecule has 1 aliphatic rings. The van der Waals surface area contributed by atoms with Crippen LogP contribution in [0.5, 0.6) is 5.75 Å². The molecule has 1 aromatic heterocycles. The molecular formula is C28H29N3O2. The first-order valence-corrected chi connectivity index (χ1v) is 11.5. The summed E-state index contributed by atoms with van der Waals surface area (Å²) in [6.45, 7) is 8.07. The van der Waals surface area contributed by atoms with Crippen molar-refractivity contribution in [2.24, 2.45) is 0 Å². The number of hydrogen-bond donors (Lipinski definition) is 0. The van der Waals surface area contributed by atoms with Gasteiger partial charge in [0.15, 0.2) is 0 Å². The number of carbonyl (C=O) groups excluding carboxylic acids is 1. The molecule has 5 heteroatoms. The van der Waals surface area contributed by atoms with E-state index in [1.54, 1.807) is 0 Å². The molecule has 4 aromatic rings. The number of rotatable bonds is 6. The minimum absolute atomic E-state index is 0.0464. The molecule has 5 rings (SSSR count). The molecule has 0 N–H and O–H groups in total. The summed E-state index contributed by atoms with van der Waals surface area (Å²) in [6, 6.07) is 22.6. The first-order chi connectivity index (χ1) is 16.0. The van der Waals surface area contributed by atoms with E-state index in [0.717, 1.165) is 28.3 Å². The third kappa shape index (κ3) is 4.36. The van der Waals surface area contributed by atoms with Crippen molar-refractivity contribution in [2.45, 2.75) is 39.7 Å². The van der Waals surface area contributed by atoms with Crippen molar-refractivity contribution in [1.29, 1.82) is 0 Å². The minimum atomic E-state index is 0.0464. The predicted octanol–water partition coefficient (Wildman–Crippen LogP) is 5.56. The Bertz CT molecular complexity index is 1290. The number of aromatic nitrogens is 2. The number of nitrogens with zero attached hydrogens (tertiary/aromatic N) is 3. The second kappa shape index (κ2) is 8.74. The minimum Gasteiger partial charge on any atom is -0.492 e. The van der Waals surface area contributed by atoms with Gasteiger partial charge in [-0.05, 0) is 68.3 Å². The van der Waals surface area contributed by atoms with E-state index in [-0.39, 0.29) is 11.8 Å². The maximum absolute atomic E-state index is 13.0. The molecule has 33 heavy (non-hydrogen) atoms. The van der Waals surface area contributed by atoms with E-state index in [9.17, 15) is 4.79 Å². The fourth-order valence-corrected chi connectivity index (χ4v) is 4.77. The predicted molar refractivity (Wildman–Crippen MR) is 132 cm³/mol. The zero-order valence-electron chi connectivity index (χ0n) is 19.4. The lowest BCUT2D eigenvalue weighted by atomic mass is 10.1. The molecule has 0 radical (unpaired) electrons. The van der Waals surface area contributed by atoms with Crippen LogP contribution in [-0.4, -0.2) is 28.6 Å². The Kier molecular flexibility index (Phi) is 5.63. The van der Waals surface area contributed by atoms with Crippen molar-refractivity contribution in [3.8, 4) is 5.75 Å². The summed E-state index contributed by atoms with van der Waals surface area (Å²) < 4.78 is 8.24. The van der Waals surface area contributed by atoms with Gasteiger partial charge >= 0.3 is 0 Å². The Morgan fingerprint density at radius 1 is 0.939 bits per heavy atom. The van der Waals surface area contributed by atoms with Gasteiger partial charge in [-0.3, -0.25) is 4.79 Å². The molecule has 0 bridgehead atoms. The van der Waals surface area contributed by atoms with Crippen molar-refractivity contribution in [2.75, 3.05) is 18.1 Å².